The van der Waals surface area contributed by atoms with Gasteiger partial charge in [-0.25, -0.2) is 0 Å². The van der Waals surface area contributed by atoms with Crippen LogP contribution < -0.4 is 5.32 Å². The van der Waals surface area contributed by atoms with Crippen LogP contribution in [0.1, 0.15) is 57.6 Å². The topological polar surface area (TPSA) is 28.4 Å². The number of hydrogen-bond donors (Lipinski definition) is 1. The Balaban J connectivity index is 2.54. The van der Waals surface area contributed by atoms with Crippen molar-refractivity contribution in [3.05, 3.63) is 23.2 Å². The molecule has 116 valence electrons. The second-order valence-electron chi connectivity index (χ2n) is 6.36. The average Bonchev–Trinajstić information content (AvgIpc) is 2.69. The van der Waals surface area contributed by atoms with Gasteiger partial charge in [0.05, 0.1) is 6.54 Å². The molecular weight excluding hydrogens is 248 g/mol. The molecule has 0 fully saturated rings. The van der Waals surface area contributed by atoms with E-state index in [4.69, 9.17) is 4.42 Å². The standard InChI is InChI=1S/C17H32N2O/c1-7-8-18-11-17-10-16(15(5)20-17)12-19(6)14(4)9-13(2)3/h10,13-14,18H,7-9,11-12H2,1-6H3. The molecule has 0 radical (unpaired) electrons. The summed E-state index contributed by atoms with van der Waals surface area (Å²) >= 11 is 0. The van der Waals surface area contributed by atoms with Crippen LogP contribution in [0.5, 0.6) is 0 Å². The predicted molar refractivity (Wildman–Crippen MR) is 85.8 cm³/mol. The van der Waals surface area contributed by atoms with Crippen molar-refractivity contribution < 1.29 is 4.42 Å². The van der Waals surface area contributed by atoms with Crippen LogP contribution in [0.2, 0.25) is 0 Å². The van der Waals surface area contributed by atoms with Crippen molar-refractivity contribution in [1.82, 2.24) is 10.2 Å². The van der Waals surface area contributed by atoms with E-state index in [0.717, 1.165) is 43.5 Å². The third-order valence-corrected chi connectivity index (χ3v) is 3.78. The second kappa shape index (κ2) is 8.48. The quantitative estimate of drug-likeness (QED) is 0.694. The molecule has 3 nitrogen and oxygen atoms in total. The van der Waals surface area contributed by atoms with Crippen LogP contribution in [0.4, 0.5) is 0 Å². The average molecular weight is 280 g/mol. The maximum atomic E-state index is 5.83. The minimum absolute atomic E-state index is 0.603. The Bertz CT molecular complexity index is 384. The molecule has 1 heterocycles. The summed E-state index contributed by atoms with van der Waals surface area (Å²) in [6.07, 6.45) is 2.39. The zero-order valence-electron chi connectivity index (χ0n) is 14.1. The summed E-state index contributed by atoms with van der Waals surface area (Å²) in [6, 6.07) is 2.81. The molecule has 20 heavy (non-hydrogen) atoms. The predicted octanol–water partition coefficient (Wildman–Crippen LogP) is 3.95. The van der Waals surface area contributed by atoms with Crippen LogP contribution in [0.3, 0.4) is 0 Å². The second-order valence-corrected chi connectivity index (χ2v) is 6.36. The number of hydrogen-bond acceptors (Lipinski definition) is 3. The lowest BCUT2D eigenvalue weighted by atomic mass is 10.0. The van der Waals surface area contributed by atoms with Crippen LogP contribution >= 0.6 is 0 Å². The number of nitrogens with one attached hydrogen (secondary N) is 1. The molecule has 1 unspecified atom stereocenters. The molecule has 3 heteroatoms. The van der Waals surface area contributed by atoms with Gasteiger partial charge in [0.2, 0.25) is 0 Å². The number of nitrogens with zero attached hydrogens (tertiary/aromatic N) is 1. The van der Waals surface area contributed by atoms with Gasteiger partial charge in [-0.2, -0.15) is 0 Å². The van der Waals surface area contributed by atoms with Gasteiger partial charge in [-0.05, 0) is 52.3 Å². The van der Waals surface area contributed by atoms with Crippen molar-refractivity contribution in [1.29, 1.82) is 0 Å². The summed E-state index contributed by atoms with van der Waals surface area (Å²) < 4.78 is 5.83. The van der Waals surface area contributed by atoms with Gasteiger partial charge in [-0.1, -0.05) is 20.8 Å². The Morgan fingerprint density at radius 2 is 2.00 bits per heavy atom. The third-order valence-electron chi connectivity index (χ3n) is 3.78. The third kappa shape index (κ3) is 5.68. The molecule has 1 rings (SSSR count). The highest BCUT2D eigenvalue weighted by molar-refractivity contribution is 5.20. The Kier molecular flexibility index (Phi) is 7.31. The molecule has 0 amide bonds. The van der Waals surface area contributed by atoms with Gasteiger partial charge in [0.15, 0.2) is 0 Å². The lowest BCUT2D eigenvalue weighted by molar-refractivity contribution is 0.219. The monoisotopic (exact) mass is 280 g/mol. The summed E-state index contributed by atoms with van der Waals surface area (Å²) in [5, 5.41) is 3.39. The molecule has 1 aromatic rings. The van der Waals surface area contributed by atoms with Crippen LogP contribution in [0, 0.1) is 12.8 Å². The maximum Gasteiger partial charge on any atom is 0.118 e. The van der Waals surface area contributed by atoms with E-state index >= 15 is 0 Å². The summed E-state index contributed by atoms with van der Waals surface area (Å²) in [4.78, 5) is 2.42. The Hall–Kier alpha value is -0.800. The fraction of sp³-hybridized carbons (Fsp3) is 0.765. The molecule has 0 aromatic carbocycles. The highest BCUT2D eigenvalue weighted by atomic mass is 16.3. The summed E-state index contributed by atoms with van der Waals surface area (Å²) in [5.41, 5.74) is 1.32. The van der Waals surface area contributed by atoms with Crippen molar-refractivity contribution >= 4 is 0 Å². The van der Waals surface area contributed by atoms with Crippen LogP contribution in [-0.2, 0) is 13.1 Å². The molecule has 1 aromatic heterocycles. The highest BCUT2D eigenvalue weighted by Crippen LogP contribution is 2.19. The van der Waals surface area contributed by atoms with Gasteiger partial charge >= 0.3 is 0 Å². The molecule has 0 aliphatic rings. The van der Waals surface area contributed by atoms with E-state index in [9.17, 15) is 0 Å². The molecular formula is C17H32N2O. The van der Waals surface area contributed by atoms with Crippen molar-refractivity contribution in [3.63, 3.8) is 0 Å². The van der Waals surface area contributed by atoms with E-state index in [1.165, 1.54) is 12.0 Å². The minimum Gasteiger partial charge on any atom is -0.465 e. The summed E-state index contributed by atoms with van der Waals surface area (Å²) in [7, 11) is 2.20. The zero-order chi connectivity index (χ0) is 15.1. The van der Waals surface area contributed by atoms with Crippen LogP contribution in [0.15, 0.2) is 10.5 Å². The molecule has 0 aliphatic heterocycles. The molecule has 0 saturated carbocycles. The maximum absolute atomic E-state index is 5.83. The fourth-order valence-corrected chi connectivity index (χ4v) is 2.51. The van der Waals surface area contributed by atoms with Crippen LogP contribution in [0.25, 0.3) is 0 Å². The van der Waals surface area contributed by atoms with Gasteiger partial charge in [-0.15, -0.1) is 0 Å². The highest BCUT2D eigenvalue weighted by Gasteiger charge is 2.14. The van der Waals surface area contributed by atoms with E-state index in [-0.39, 0.29) is 0 Å². The summed E-state index contributed by atoms with van der Waals surface area (Å²) in [5.74, 6) is 2.85. The van der Waals surface area contributed by atoms with E-state index in [1.54, 1.807) is 0 Å². The first kappa shape index (κ1) is 17.3. The van der Waals surface area contributed by atoms with E-state index in [2.05, 4.69) is 57.9 Å². The van der Waals surface area contributed by atoms with Crippen molar-refractivity contribution in [3.8, 4) is 0 Å². The first-order valence-corrected chi connectivity index (χ1v) is 7.93. The lowest BCUT2D eigenvalue weighted by Gasteiger charge is -2.25. The largest absolute Gasteiger partial charge is 0.465 e. The van der Waals surface area contributed by atoms with Crippen LogP contribution in [-0.4, -0.2) is 24.5 Å². The van der Waals surface area contributed by atoms with Gasteiger partial charge in [0.1, 0.15) is 11.5 Å². The molecule has 0 spiro atoms. The normalized spacial score (nSPS) is 13.4. The molecule has 0 saturated heterocycles. The zero-order valence-corrected chi connectivity index (χ0v) is 14.1. The fourth-order valence-electron chi connectivity index (χ4n) is 2.51. The lowest BCUT2D eigenvalue weighted by Crippen LogP contribution is -2.29. The molecule has 1 N–H and O–H groups in total. The van der Waals surface area contributed by atoms with Gasteiger partial charge in [0, 0.05) is 18.2 Å². The number of furan rings is 1. The first-order chi connectivity index (χ1) is 9.43. The Morgan fingerprint density at radius 3 is 2.60 bits per heavy atom. The van der Waals surface area contributed by atoms with Crippen molar-refractivity contribution in [2.45, 2.75) is 66.6 Å². The van der Waals surface area contributed by atoms with Gasteiger partial charge < -0.3 is 9.73 Å². The smallest absolute Gasteiger partial charge is 0.118 e. The summed E-state index contributed by atoms with van der Waals surface area (Å²) in [6.45, 7) is 14.0. The Labute approximate surface area is 124 Å². The minimum atomic E-state index is 0.603. The Morgan fingerprint density at radius 1 is 1.30 bits per heavy atom. The molecule has 1 atom stereocenters. The number of rotatable bonds is 9. The van der Waals surface area contributed by atoms with E-state index < -0.39 is 0 Å². The van der Waals surface area contributed by atoms with Crippen molar-refractivity contribution in [2.75, 3.05) is 13.6 Å². The van der Waals surface area contributed by atoms with Gasteiger partial charge in [-0.3, -0.25) is 4.90 Å². The molecule has 0 aliphatic carbocycles. The molecule has 0 bridgehead atoms. The van der Waals surface area contributed by atoms with E-state index in [1.807, 2.05) is 0 Å². The number of aryl methyl sites for hydroxylation is 1. The van der Waals surface area contributed by atoms with Gasteiger partial charge in [0.25, 0.3) is 0 Å². The van der Waals surface area contributed by atoms with Crippen molar-refractivity contribution in [2.24, 2.45) is 5.92 Å². The SMILES string of the molecule is CCCNCc1cc(CN(C)C(C)CC(C)C)c(C)o1. The first-order valence-electron chi connectivity index (χ1n) is 7.93. The van der Waals surface area contributed by atoms with E-state index in [0.29, 0.717) is 6.04 Å².